The number of nitrogens with one attached hydrogen (secondary N) is 2. The van der Waals surface area contributed by atoms with Gasteiger partial charge < -0.3 is 10.2 Å². The molecule has 0 spiro atoms. The Hall–Kier alpha value is -1.85. The van der Waals surface area contributed by atoms with Crippen LogP contribution < -0.4 is 10.9 Å². The Bertz CT molecular complexity index is 388. The lowest BCUT2D eigenvalue weighted by Gasteiger charge is -2.14. The summed E-state index contributed by atoms with van der Waals surface area (Å²) in [5.41, 5.74) is 0.243. The molecule has 0 saturated heterocycles. The summed E-state index contributed by atoms with van der Waals surface area (Å²) in [6, 6.07) is 1.35. The lowest BCUT2D eigenvalue weighted by Crippen LogP contribution is -2.32. The van der Waals surface area contributed by atoms with Gasteiger partial charge in [-0.1, -0.05) is 0 Å². The Kier molecular flexibility index (Phi) is 3.84. The van der Waals surface area contributed by atoms with E-state index in [0.29, 0.717) is 12.2 Å². The molecular formula is C9H14N4O2. The second-order valence-corrected chi connectivity index (χ2v) is 3.10. The highest BCUT2D eigenvalue weighted by atomic mass is 16.2. The first-order valence-corrected chi connectivity index (χ1v) is 4.66. The zero-order valence-electron chi connectivity index (χ0n) is 8.78. The number of anilines is 1. The SMILES string of the molecule is CCN(C)C(=O)CNc1cn[nH]c(=O)c1. The number of nitrogens with zero attached hydrogens (tertiary/aromatic N) is 2. The standard InChI is InChI=1S/C9H14N4O2/c1-3-13(2)9(15)6-10-7-4-8(14)12-11-5-7/h4-5H,3,6H2,1-2H3,(H2,10,12,14). The van der Waals surface area contributed by atoms with Crippen LogP contribution in [0, 0.1) is 0 Å². The van der Waals surface area contributed by atoms with E-state index < -0.39 is 0 Å². The zero-order chi connectivity index (χ0) is 11.3. The third-order valence-electron chi connectivity index (χ3n) is 2.01. The number of amides is 1. The molecule has 15 heavy (non-hydrogen) atoms. The van der Waals surface area contributed by atoms with Crippen molar-refractivity contribution in [3.8, 4) is 0 Å². The molecule has 0 saturated carbocycles. The van der Waals surface area contributed by atoms with E-state index in [1.807, 2.05) is 6.92 Å². The van der Waals surface area contributed by atoms with Gasteiger partial charge >= 0.3 is 0 Å². The number of aromatic amines is 1. The first-order valence-electron chi connectivity index (χ1n) is 4.66. The number of hydrogen-bond donors (Lipinski definition) is 2. The van der Waals surface area contributed by atoms with Gasteiger partial charge in [-0.25, -0.2) is 5.10 Å². The van der Waals surface area contributed by atoms with Gasteiger partial charge in [-0.15, -0.1) is 0 Å². The van der Waals surface area contributed by atoms with E-state index >= 15 is 0 Å². The summed E-state index contributed by atoms with van der Waals surface area (Å²) in [6.07, 6.45) is 1.46. The van der Waals surface area contributed by atoms with Crippen LogP contribution in [0.2, 0.25) is 0 Å². The first-order chi connectivity index (χ1) is 7.13. The molecule has 1 amide bonds. The molecule has 0 unspecified atom stereocenters. The lowest BCUT2D eigenvalue weighted by atomic mass is 10.4. The van der Waals surface area contributed by atoms with Crippen LogP contribution in [0.1, 0.15) is 6.92 Å². The summed E-state index contributed by atoms with van der Waals surface area (Å²) >= 11 is 0. The third kappa shape index (κ3) is 3.41. The number of hydrogen-bond acceptors (Lipinski definition) is 4. The van der Waals surface area contributed by atoms with E-state index in [1.54, 1.807) is 11.9 Å². The summed E-state index contributed by atoms with van der Waals surface area (Å²) in [7, 11) is 1.72. The Morgan fingerprint density at radius 1 is 1.67 bits per heavy atom. The molecule has 0 aromatic carbocycles. The summed E-state index contributed by atoms with van der Waals surface area (Å²) < 4.78 is 0. The molecule has 0 aliphatic heterocycles. The van der Waals surface area contributed by atoms with Crippen molar-refractivity contribution >= 4 is 11.6 Å². The largest absolute Gasteiger partial charge is 0.375 e. The van der Waals surface area contributed by atoms with Crippen LogP contribution in [0.3, 0.4) is 0 Å². The predicted molar refractivity (Wildman–Crippen MR) is 56.7 cm³/mol. The molecule has 1 aromatic heterocycles. The molecule has 0 bridgehead atoms. The van der Waals surface area contributed by atoms with E-state index in [9.17, 15) is 9.59 Å². The van der Waals surface area contributed by atoms with Crippen LogP contribution in [0.25, 0.3) is 0 Å². The maximum absolute atomic E-state index is 11.4. The van der Waals surface area contributed by atoms with Crippen molar-refractivity contribution in [2.75, 3.05) is 25.5 Å². The van der Waals surface area contributed by atoms with Gasteiger partial charge in [0.1, 0.15) is 0 Å². The van der Waals surface area contributed by atoms with Crippen molar-refractivity contribution in [2.24, 2.45) is 0 Å². The number of carbonyl (C=O) groups is 1. The number of carbonyl (C=O) groups excluding carboxylic acids is 1. The van der Waals surface area contributed by atoms with Crippen LogP contribution in [-0.2, 0) is 4.79 Å². The maximum Gasteiger partial charge on any atom is 0.266 e. The Morgan fingerprint density at radius 2 is 2.40 bits per heavy atom. The Morgan fingerprint density at radius 3 is 3.00 bits per heavy atom. The highest BCUT2D eigenvalue weighted by Gasteiger charge is 2.05. The molecule has 2 N–H and O–H groups in total. The van der Waals surface area contributed by atoms with Gasteiger partial charge in [0.05, 0.1) is 18.4 Å². The van der Waals surface area contributed by atoms with Crippen LogP contribution >= 0.6 is 0 Å². The molecule has 0 atom stereocenters. The molecule has 0 aliphatic carbocycles. The minimum absolute atomic E-state index is 0.0298. The summed E-state index contributed by atoms with van der Waals surface area (Å²) in [5.74, 6) is -0.0298. The third-order valence-corrected chi connectivity index (χ3v) is 2.01. The monoisotopic (exact) mass is 210 g/mol. The minimum Gasteiger partial charge on any atom is -0.375 e. The predicted octanol–water partition coefficient (Wildman–Crippen LogP) is -0.340. The highest BCUT2D eigenvalue weighted by molar-refractivity contribution is 5.80. The zero-order valence-corrected chi connectivity index (χ0v) is 8.78. The first kappa shape index (κ1) is 11.2. The molecule has 6 heteroatoms. The molecule has 1 aromatic rings. The van der Waals surface area contributed by atoms with Crippen molar-refractivity contribution in [2.45, 2.75) is 6.92 Å². The van der Waals surface area contributed by atoms with Gasteiger partial charge in [0, 0.05) is 19.7 Å². The molecule has 1 rings (SSSR count). The molecule has 0 aliphatic rings. The van der Waals surface area contributed by atoms with E-state index in [0.717, 1.165) is 0 Å². The minimum atomic E-state index is -0.295. The number of likely N-dealkylation sites (N-methyl/N-ethyl adjacent to an activating group) is 1. The molecule has 82 valence electrons. The Labute approximate surface area is 87.3 Å². The second-order valence-electron chi connectivity index (χ2n) is 3.10. The molecular weight excluding hydrogens is 196 g/mol. The van der Waals surface area contributed by atoms with Crippen molar-refractivity contribution in [3.05, 3.63) is 22.6 Å². The number of rotatable bonds is 4. The van der Waals surface area contributed by atoms with Gasteiger partial charge in [0.25, 0.3) is 5.56 Å². The fourth-order valence-corrected chi connectivity index (χ4v) is 0.962. The highest BCUT2D eigenvalue weighted by Crippen LogP contribution is 1.97. The molecule has 0 fully saturated rings. The summed E-state index contributed by atoms with van der Waals surface area (Å²) in [6.45, 7) is 2.72. The summed E-state index contributed by atoms with van der Waals surface area (Å²) in [4.78, 5) is 23.9. The smallest absolute Gasteiger partial charge is 0.266 e. The maximum atomic E-state index is 11.4. The van der Waals surface area contributed by atoms with Crippen LogP contribution in [0.5, 0.6) is 0 Å². The van der Waals surface area contributed by atoms with E-state index in [-0.39, 0.29) is 18.0 Å². The van der Waals surface area contributed by atoms with Gasteiger partial charge in [-0.3, -0.25) is 9.59 Å². The van der Waals surface area contributed by atoms with Crippen LogP contribution in [-0.4, -0.2) is 41.1 Å². The topological polar surface area (TPSA) is 78.1 Å². The van der Waals surface area contributed by atoms with Gasteiger partial charge in [-0.2, -0.15) is 5.10 Å². The molecule has 1 heterocycles. The average Bonchev–Trinajstić information content (AvgIpc) is 2.25. The van der Waals surface area contributed by atoms with Crippen molar-refractivity contribution < 1.29 is 4.79 Å². The van der Waals surface area contributed by atoms with Gasteiger partial charge in [0.15, 0.2) is 0 Å². The summed E-state index contributed by atoms with van der Waals surface area (Å²) in [5, 5.41) is 8.68. The van der Waals surface area contributed by atoms with E-state index in [1.165, 1.54) is 12.3 Å². The lowest BCUT2D eigenvalue weighted by molar-refractivity contribution is -0.127. The number of aromatic nitrogens is 2. The van der Waals surface area contributed by atoms with Gasteiger partial charge in [-0.05, 0) is 6.92 Å². The fraction of sp³-hybridized carbons (Fsp3) is 0.444. The van der Waals surface area contributed by atoms with Crippen molar-refractivity contribution in [3.63, 3.8) is 0 Å². The van der Waals surface area contributed by atoms with E-state index in [2.05, 4.69) is 15.5 Å². The van der Waals surface area contributed by atoms with Crippen molar-refractivity contribution in [1.82, 2.24) is 15.1 Å². The average molecular weight is 210 g/mol. The quantitative estimate of drug-likeness (QED) is 0.712. The molecule has 0 radical (unpaired) electrons. The van der Waals surface area contributed by atoms with E-state index in [4.69, 9.17) is 0 Å². The fourth-order valence-electron chi connectivity index (χ4n) is 0.962. The Balaban J connectivity index is 2.50. The normalized spacial score (nSPS) is 9.73. The van der Waals surface area contributed by atoms with Crippen molar-refractivity contribution in [1.29, 1.82) is 0 Å². The van der Waals surface area contributed by atoms with Gasteiger partial charge in [0.2, 0.25) is 5.91 Å². The number of H-pyrrole nitrogens is 1. The van der Waals surface area contributed by atoms with Crippen LogP contribution in [0.4, 0.5) is 5.69 Å². The second kappa shape index (κ2) is 5.14. The molecule has 6 nitrogen and oxygen atoms in total. The van der Waals surface area contributed by atoms with Crippen LogP contribution in [0.15, 0.2) is 17.1 Å².